The minimum absolute atomic E-state index is 0.344. The van der Waals surface area contributed by atoms with Crippen molar-refractivity contribution in [2.75, 3.05) is 18.5 Å². The van der Waals surface area contributed by atoms with Crippen LogP contribution in [0.1, 0.15) is 0 Å². The molecule has 0 atom stereocenters. The average molecular weight is 664 g/mol. The summed E-state index contributed by atoms with van der Waals surface area (Å²) in [4.78, 5) is 14.7. The fraction of sp³-hybridized carbons (Fsp3) is 0.333. The molecule has 9 nitrogen and oxygen atoms in total. The van der Waals surface area contributed by atoms with E-state index in [4.69, 9.17) is 24.5 Å². The van der Waals surface area contributed by atoms with Crippen molar-refractivity contribution in [2.24, 2.45) is 0 Å². The van der Waals surface area contributed by atoms with E-state index in [2.05, 4.69) is 84.5 Å². The number of hydrogen-bond donors (Lipinski definition) is 1. The van der Waals surface area contributed by atoms with E-state index in [-0.39, 0.29) is 0 Å². The summed E-state index contributed by atoms with van der Waals surface area (Å²) in [5.74, 6) is 2.04. The highest BCUT2D eigenvalue weighted by Gasteiger charge is 2.22. The van der Waals surface area contributed by atoms with Crippen molar-refractivity contribution < 1.29 is 9.47 Å². The third-order valence-corrected chi connectivity index (χ3v) is 11.4. The number of rotatable bonds is 14. The first-order valence-corrected chi connectivity index (χ1v) is 23.7. The summed E-state index contributed by atoms with van der Waals surface area (Å²) >= 11 is 0. The molecule has 0 saturated heterocycles. The Hall–Kier alpha value is -4.17. The molecule has 0 aliphatic rings. The highest BCUT2D eigenvalue weighted by atomic mass is 28.3. The standard InChI is InChI=1S/C36H45N7O2Si2/c1-46(2,3)22-20-44-25-42-24-31(38-33-18-19-37-35(40-33)29-15-11-13-27-12-7-8-14-28(27)29)34(41-42)36-39-30-16-9-10-17-32(30)43(36)26-45-21-23-47(4,5)6/h7-19,24H,20-23,25-26H2,1-6H3,(H,37,38,40). The molecule has 0 saturated carbocycles. The molecule has 0 unspecified atom stereocenters. The normalized spacial score (nSPS) is 12.3. The first-order valence-electron chi connectivity index (χ1n) is 16.3. The second kappa shape index (κ2) is 13.9. The smallest absolute Gasteiger partial charge is 0.165 e. The van der Waals surface area contributed by atoms with E-state index in [1.54, 1.807) is 6.20 Å². The lowest BCUT2D eigenvalue weighted by Crippen LogP contribution is -2.22. The molecule has 0 aliphatic carbocycles. The van der Waals surface area contributed by atoms with Crippen molar-refractivity contribution in [3.63, 3.8) is 0 Å². The first-order chi connectivity index (χ1) is 22.5. The number of fused-ring (bicyclic) bond motifs is 2. The Kier molecular flexibility index (Phi) is 9.69. The number of nitrogens with one attached hydrogen (secondary N) is 1. The minimum atomic E-state index is -1.23. The van der Waals surface area contributed by atoms with E-state index in [1.807, 2.05) is 53.3 Å². The van der Waals surface area contributed by atoms with Gasteiger partial charge in [-0.1, -0.05) is 93.9 Å². The number of ether oxygens (including phenoxy) is 2. The van der Waals surface area contributed by atoms with Gasteiger partial charge in [-0.05, 0) is 41.1 Å². The van der Waals surface area contributed by atoms with Crippen LogP contribution in [-0.4, -0.2) is 58.7 Å². The summed E-state index contributed by atoms with van der Waals surface area (Å²) < 4.78 is 16.3. The van der Waals surface area contributed by atoms with Crippen LogP contribution >= 0.6 is 0 Å². The Morgan fingerprint density at radius 3 is 2.23 bits per heavy atom. The van der Waals surface area contributed by atoms with Crippen LogP contribution < -0.4 is 5.32 Å². The molecule has 1 N–H and O–H groups in total. The van der Waals surface area contributed by atoms with Gasteiger partial charge in [0.1, 0.15) is 19.3 Å². The molecule has 6 aromatic rings. The van der Waals surface area contributed by atoms with Crippen molar-refractivity contribution in [3.05, 3.63) is 85.2 Å². The summed E-state index contributed by atoms with van der Waals surface area (Å²) in [6, 6.07) is 26.7. The zero-order chi connectivity index (χ0) is 33.0. The fourth-order valence-electron chi connectivity index (χ4n) is 5.32. The Labute approximate surface area is 279 Å². The predicted octanol–water partition coefficient (Wildman–Crippen LogP) is 8.88. The van der Waals surface area contributed by atoms with Crippen LogP contribution in [0.3, 0.4) is 0 Å². The Morgan fingerprint density at radius 2 is 1.45 bits per heavy atom. The van der Waals surface area contributed by atoms with Crippen molar-refractivity contribution >= 4 is 49.5 Å². The average Bonchev–Trinajstić information content (AvgIpc) is 3.61. The minimum Gasteiger partial charge on any atom is -0.361 e. The van der Waals surface area contributed by atoms with E-state index in [0.29, 0.717) is 44.0 Å². The van der Waals surface area contributed by atoms with Gasteiger partial charge in [0, 0.05) is 41.1 Å². The molecule has 3 heterocycles. The topological polar surface area (TPSA) is 91.9 Å². The van der Waals surface area contributed by atoms with Crippen LogP contribution in [0.15, 0.2) is 85.2 Å². The van der Waals surface area contributed by atoms with Gasteiger partial charge in [0.05, 0.1) is 22.9 Å². The maximum atomic E-state index is 6.26. The van der Waals surface area contributed by atoms with Crippen LogP contribution in [0, 0.1) is 0 Å². The molecule has 3 aromatic heterocycles. The molecule has 0 bridgehead atoms. The van der Waals surface area contributed by atoms with Gasteiger partial charge in [-0.25, -0.2) is 19.6 Å². The third kappa shape index (κ3) is 8.23. The highest BCUT2D eigenvalue weighted by molar-refractivity contribution is 6.76. The molecule has 47 heavy (non-hydrogen) atoms. The molecule has 0 fully saturated rings. The number of hydrogen-bond acceptors (Lipinski definition) is 7. The summed E-state index contributed by atoms with van der Waals surface area (Å²) in [7, 11) is -2.45. The van der Waals surface area contributed by atoms with E-state index in [1.165, 1.54) is 0 Å². The molecule has 244 valence electrons. The number of nitrogens with zero attached hydrogens (tertiary/aromatic N) is 6. The number of anilines is 2. The van der Waals surface area contributed by atoms with Gasteiger partial charge >= 0.3 is 0 Å². The van der Waals surface area contributed by atoms with Gasteiger partial charge in [0.25, 0.3) is 0 Å². The zero-order valence-corrected chi connectivity index (χ0v) is 30.3. The summed E-state index contributed by atoms with van der Waals surface area (Å²) in [6.07, 6.45) is 3.76. The van der Waals surface area contributed by atoms with Crippen molar-refractivity contribution in [3.8, 4) is 22.9 Å². The van der Waals surface area contributed by atoms with Gasteiger partial charge < -0.3 is 14.8 Å². The van der Waals surface area contributed by atoms with Crippen LogP contribution in [0.25, 0.3) is 44.7 Å². The molecule has 6 rings (SSSR count). The second-order valence-electron chi connectivity index (χ2n) is 14.4. The fourth-order valence-corrected chi connectivity index (χ4v) is 6.83. The summed E-state index contributed by atoms with van der Waals surface area (Å²) in [5, 5.41) is 10.8. The zero-order valence-electron chi connectivity index (χ0n) is 28.3. The van der Waals surface area contributed by atoms with Crippen LogP contribution in [0.4, 0.5) is 11.5 Å². The number of benzene rings is 3. The first kappa shape index (κ1) is 32.8. The molecule has 3 aromatic carbocycles. The highest BCUT2D eigenvalue weighted by Crippen LogP contribution is 2.32. The monoisotopic (exact) mass is 663 g/mol. The van der Waals surface area contributed by atoms with E-state index in [9.17, 15) is 0 Å². The largest absolute Gasteiger partial charge is 0.361 e. The molecule has 0 spiro atoms. The van der Waals surface area contributed by atoms with E-state index >= 15 is 0 Å². The molecule has 0 radical (unpaired) electrons. The van der Waals surface area contributed by atoms with Crippen LogP contribution in [-0.2, 0) is 22.9 Å². The van der Waals surface area contributed by atoms with Crippen molar-refractivity contribution in [2.45, 2.75) is 64.8 Å². The number of imidazole rings is 1. The van der Waals surface area contributed by atoms with Gasteiger partial charge in [-0.15, -0.1) is 0 Å². The molecular weight excluding hydrogens is 619 g/mol. The van der Waals surface area contributed by atoms with E-state index in [0.717, 1.165) is 51.0 Å². The van der Waals surface area contributed by atoms with Crippen LogP contribution in [0.2, 0.25) is 51.4 Å². The summed E-state index contributed by atoms with van der Waals surface area (Å²) in [6.45, 7) is 16.3. The second-order valence-corrected chi connectivity index (χ2v) is 25.6. The lowest BCUT2D eigenvalue weighted by Gasteiger charge is -2.16. The van der Waals surface area contributed by atoms with Crippen molar-refractivity contribution in [1.29, 1.82) is 0 Å². The number of para-hydroxylation sites is 2. The summed E-state index contributed by atoms with van der Waals surface area (Å²) in [5.41, 5.74) is 4.36. The maximum absolute atomic E-state index is 6.26. The van der Waals surface area contributed by atoms with Crippen LogP contribution in [0.5, 0.6) is 0 Å². The Bertz CT molecular complexity index is 1970. The molecule has 0 aliphatic heterocycles. The predicted molar refractivity (Wildman–Crippen MR) is 197 cm³/mol. The Morgan fingerprint density at radius 1 is 0.745 bits per heavy atom. The molecule has 11 heteroatoms. The van der Waals surface area contributed by atoms with Gasteiger partial charge in [-0.2, -0.15) is 5.10 Å². The Balaban J connectivity index is 1.35. The lowest BCUT2D eigenvalue weighted by molar-refractivity contribution is 0.0786. The number of aromatic nitrogens is 6. The SMILES string of the molecule is C[Si](C)(C)CCOCn1cc(Nc2ccnc(-c3cccc4ccccc34)n2)c(-c2nc3ccccc3n2COCC[Si](C)(C)C)n1. The van der Waals surface area contributed by atoms with Gasteiger partial charge in [-0.3, -0.25) is 4.57 Å². The quantitative estimate of drug-likeness (QED) is 0.0919. The van der Waals surface area contributed by atoms with Crippen molar-refractivity contribution in [1.82, 2.24) is 29.3 Å². The maximum Gasteiger partial charge on any atom is 0.165 e. The van der Waals surface area contributed by atoms with Gasteiger partial charge in [0.2, 0.25) is 0 Å². The lowest BCUT2D eigenvalue weighted by atomic mass is 10.0. The van der Waals surface area contributed by atoms with E-state index < -0.39 is 16.1 Å². The van der Waals surface area contributed by atoms with Gasteiger partial charge in [0.15, 0.2) is 17.3 Å². The molecular formula is C36H45N7O2Si2. The third-order valence-electron chi connectivity index (χ3n) is 8.01. The molecule has 0 amide bonds.